The van der Waals surface area contributed by atoms with Crippen molar-refractivity contribution < 1.29 is 14.3 Å². The second-order valence-corrected chi connectivity index (χ2v) is 8.69. The number of carbonyl (C=O) groups is 2. The number of carbonyl (C=O) groups excluding carboxylic acids is 2. The number of hydrogen-bond acceptors (Lipinski definition) is 8. The summed E-state index contributed by atoms with van der Waals surface area (Å²) >= 11 is 0. The summed E-state index contributed by atoms with van der Waals surface area (Å²) in [7, 11) is 1.67. The monoisotopic (exact) mass is 451 g/mol. The Morgan fingerprint density at radius 1 is 1.15 bits per heavy atom. The first kappa shape index (κ1) is 22.1. The molecule has 0 aliphatic carbocycles. The molecule has 172 valence electrons. The maximum absolute atomic E-state index is 12.9. The maximum Gasteiger partial charge on any atom is 0.410 e. The minimum atomic E-state index is -0.539. The Hall–Kier alpha value is -4.14. The van der Waals surface area contributed by atoms with Gasteiger partial charge in [-0.2, -0.15) is 10.4 Å². The zero-order chi connectivity index (χ0) is 23.8. The summed E-state index contributed by atoms with van der Waals surface area (Å²) in [6.45, 7) is 7.69. The van der Waals surface area contributed by atoms with Gasteiger partial charge in [0.15, 0.2) is 17.0 Å². The van der Waals surface area contributed by atoms with E-state index >= 15 is 0 Å². The minimum absolute atomic E-state index is 0.121. The van der Waals surface area contributed by atoms with Gasteiger partial charge in [0.05, 0.1) is 11.9 Å². The molecule has 0 unspecified atom stereocenters. The van der Waals surface area contributed by atoms with Crippen LogP contribution < -0.4 is 10.2 Å². The van der Waals surface area contributed by atoms with Gasteiger partial charge in [0.2, 0.25) is 0 Å². The van der Waals surface area contributed by atoms with Crippen molar-refractivity contribution in [3.63, 3.8) is 0 Å². The largest absolute Gasteiger partial charge is 0.444 e. The third kappa shape index (κ3) is 4.72. The molecule has 4 heterocycles. The number of nitriles is 1. The zero-order valence-electron chi connectivity index (χ0n) is 18.9. The van der Waals surface area contributed by atoms with E-state index in [9.17, 15) is 14.9 Å². The normalized spacial score (nSPS) is 14.3. The molecule has 1 N–H and O–H groups in total. The SMILES string of the molecule is Cn1cc(NC(=O)c2cnc3ccc(N4CCN(C(=O)OC(C)(C)C)CC4)nn23)c(C#N)n1. The quantitative estimate of drug-likeness (QED) is 0.635. The number of rotatable bonds is 3. The summed E-state index contributed by atoms with van der Waals surface area (Å²) < 4.78 is 8.36. The van der Waals surface area contributed by atoms with Crippen molar-refractivity contribution in [2.45, 2.75) is 26.4 Å². The molecule has 1 aliphatic heterocycles. The van der Waals surface area contributed by atoms with Crippen LogP contribution in [-0.4, -0.2) is 73.1 Å². The lowest BCUT2D eigenvalue weighted by atomic mass is 10.2. The Morgan fingerprint density at radius 2 is 1.88 bits per heavy atom. The van der Waals surface area contributed by atoms with Crippen molar-refractivity contribution >= 4 is 29.2 Å². The van der Waals surface area contributed by atoms with E-state index in [-0.39, 0.29) is 17.5 Å². The summed E-state index contributed by atoms with van der Waals surface area (Å²) in [4.78, 5) is 33.1. The molecule has 1 fully saturated rings. The van der Waals surface area contributed by atoms with Crippen LogP contribution in [0.5, 0.6) is 0 Å². The number of aryl methyl sites for hydroxylation is 1. The average molecular weight is 451 g/mol. The second kappa shape index (κ2) is 8.42. The molecule has 1 aliphatic rings. The van der Waals surface area contributed by atoms with E-state index in [1.54, 1.807) is 24.2 Å². The molecule has 2 amide bonds. The molecule has 1 saturated heterocycles. The summed E-state index contributed by atoms with van der Waals surface area (Å²) in [6, 6.07) is 5.57. The van der Waals surface area contributed by atoms with E-state index in [1.807, 2.05) is 37.8 Å². The number of fused-ring (bicyclic) bond motifs is 1. The van der Waals surface area contributed by atoms with Crippen LogP contribution in [0.4, 0.5) is 16.3 Å². The highest BCUT2D eigenvalue weighted by Gasteiger charge is 2.27. The Balaban J connectivity index is 1.49. The third-order valence-corrected chi connectivity index (χ3v) is 5.02. The van der Waals surface area contributed by atoms with Gasteiger partial charge in [0.1, 0.15) is 17.5 Å². The number of imidazole rings is 1. The van der Waals surface area contributed by atoms with E-state index in [1.165, 1.54) is 15.4 Å². The van der Waals surface area contributed by atoms with Gasteiger partial charge in [-0.25, -0.2) is 14.3 Å². The zero-order valence-corrected chi connectivity index (χ0v) is 18.9. The van der Waals surface area contributed by atoms with Crippen LogP contribution in [-0.2, 0) is 11.8 Å². The van der Waals surface area contributed by atoms with Gasteiger partial charge in [0.25, 0.3) is 5.91 Å². The first-order valence-corrected chi connectivity index (χ1v) is 10.5. The number of anilines is 2. The molecule has 0 saturated carbocycles. The standard InChI is InChI=1S/C21H25N9O3/c1-21(2,3)33-20(32)29-9-7-28(8-10-29)18-6-5-17-23-12-16(30(17)26-18)19(31)24-15-13-27(4)25-14(15)11-22/h5-6,12-13H,7-10H2,1-4H3,(H,24,31). The number of amides is 2. The van der Waals surface area contributed by atoms with Gasteiger partial charge < -0.3 is 19.9 Å². The Morgan fingerprint density at radius 3 is 2.55 bits per heavy atom. The minimum Gasteiger partial charge on any atom is -0.444 e. The summed E-state index contributed by atoms with van der Waals surface area (Å²) in [5.41, 5.74) is 0.642. The molecule has 0 radical (unpaired) electrons. The van der Waals surface area contributed by atoms with Crippen molar-refractivity contribution in [3.05, 3.63) is 35.9 Å². The fourth-order valence-electron chi connectivity index (χ4n) is 3.48. The summed E-state index contributed by atoms with van der Waals surface area (Å²) in [5, 5.41) is 20.5. The lowest BCUT2D eigenvalue weighted by molar-refractivity contribution is 0.0240. The molecular weight excluding hydrogens is 426 g/mol. The summed E-state index contributed by atoms with van der Waals surface area (Å²) in [5.74, 6) is 0.212. The maximum atomic E-state index is 12.9. The smallest absolute Gasteiger partial charge is 0.410 e. The van der Waals surface area contributed by atoms with Crippen molar-refractivity contribution in [2.24, 2.45) is 7.05 Å². The third-order valence-electron chi connectivity index (χ3n) is 5.02. The first-order chi connectivity index (χ1) is 15.6. The van der Waals surface area contributed by atoms with Crippen LogP contribution in [0, 0.1) is 11.3 Å². The highest BCUT2D eigenvalue weighted by atomic mass is 16.6. The number of ether oxygens (including phenoxy) is 1. The van der Waals surface area contributed by atoms with Gasteiger partial charge in [0, 0.05) is 39.4 Å². The molecule has 0 atom stereocenters. The van der Waals surface area contributed by atoms with Crippen LogP contribution in [0.1, 0.15) is 37.0 Å². The van der Waals surface area contributed by atoms with Crippen molar-refractivity contribution in [1.82, 2.24) is 29.3 Å². The van der Waals surface area contributed by atoms with E-state index in [4.69, 9.17) is 4.74 Å². The molecule has 3 aromatic rings. The van der Waals surface area contributed by atoms with Crippen molar-refractivity contribution in [3.8, 4) is 6.07 Å². The fourth-order valence-corrected chi connectivity index (χ4v) is 3.48. The Kier molecular flexibility index (Phi) is 5.63. The molecule has 0 bridgehead atoms. The van der Waals surface area contributed by atoms with Crippen LogP contribution >= 0.6 is 0 Å². The molecule has 3 aromatic heterocycles. The van der Waals surface area contributed by atoms with Gasteiger partial charge in [-0.1, -0.05) is 0 Å². The average Bonchev–Trinajstić information content (AvgIpc) is 3.34. The number of hydrogen-bond donors (Lipinski definition) is 1. The number of piperazine rings is 1. The topological polar surface area (TPSA) is 134 Å². The lowest BCUT2D eigenvalue weighted by Gasteiger charge is -2.36. The van der Waals surface area contributed by atoms with Crippen molar-refractivity contribution in [2.75, 3.05) is 36.4 Å². The van der Waals surface area contributed by atoms with Gasteiger partial charge >= 0.3 is 6.09 Å². The van der Waals surface area contributed by atoms with Gasteiger partial charge in [-0.15, -0.1) is 5.10 Å². The summed E-state index contributed by atoms with van der Waals surface area (Å²) in [6.07, 6.45) is 2.67. The number of nitrogens with one attached hydrogen (secondary N) is 1. The van der Waals surface area contributed by atoms with E-state index in [0.717, 1.165) is 0 Å². The molecule has 33 heavy (non-hydrogen) atoms. The number of nitrogens with zero attached hydrogens (tertiary/aromatic N) is 8. The predicted octanol–water partition coefficient (Wildman–Crippen LogP) is 1.64. The van der Waals surface area contributed by atoms with Gasteiger partial charge in [-0.3, -0.25) is 9.48 Å². The van der Waals surface area contributed by atoms with E-state index in [2.05, 4.69) is 20.5 Å². The van der Waals surface area contributed by atoms with Crippen LogP contribution in [0.2, 0.25) is 0 Å². The second-order valence-electron chi connectivity index (χ2n) is 8.69. The van der Waals surface area contributed by atoms with Crippen LogP contribution in [0.15, 0.2) is 24.5 Å². The fraction of sp³-hybridized carbons (Fsp3) is 0.429. The highest BCUT2D eigenvalue weighted by molar-refractivity contribution is 6.03. The van der Waals surface area contributed by atoms with E-state index in [0.29, 0.717) is 43.3 Å². The Bertz CT molecular complexity index is 1240. The highest BCUT2D eigenvalue weighted by Crippen LogP contribution is 2.19. The lowest BCUT2D eigenvalue weighted by Crippen LogP contribution is -2.50. The predicted molar refractivity (Wildman–Crippen MR) is 119 cm³/mol. The van der Waals surface area contributed by atoms with Gasteiger partial charge in [-0.05, 0) is 32.9 Å². The van der Waals surface area contributed by atoms with Crippen LogP contribution in [0.25, 0.3) is 5.65 Å². The molecular formula is C21H25N9O3. The molecule has 12 nitrogen and oxygen atoms in total. The number of aromatic nitrogens is 5. The van der Waals surface area contributed by atoms with Crippen molar-refractivity contribution in [1.29, 1.82) is 5.26 Å². The molecule has 0 spiro atoms. The molecule has 0 aromatic carbocycles. The Labute approximate surface area is 190 Å². The molecule has 4 rings (SSSR count). The van der Waals surface area contributed by atoms with Crippen LogP contribution in [0.3, 0.4) is 0 Å². The first-order valence-electron chi connectivity index (χ1n) is 10.5. The molecule has 12 heteroatoms. The van der Waals surface area contributed by atoms with E-state index < -0.39 is 11.5 Å².